The van der Waals surface area contributed by atoms with E-state index in [-0.39, 0.29) is 29.0 Å². The van der Waals surface area contributed by atoms with Crippen LogP contribution in [0.15, 0.2) is 12.1 Å². The van der Waals surface area contributed by atoms with Gasteiger partial charge in [-0.05, 0) is 10.8 Å². The smallest absolute Gasteiger partial charge is 0.305 e. The molecule has 4 nitrogen and oxygen atoms in total. The molecule has 1 N–H and O–H groups in total. The van der Waals surface area contributed by atoms with Crippen molar-refractivity contribution in [3.05, 3.63) is 39.4 Å². The molecule has 0 spiro atoms. The molecule has 1 aromatic rings. The van der Waals surface area contributed by atoms with Gasteiger partial charge in [-0.25, -0.2) is 4.39 Å². The van der Waals surface area contributed by atoms with E-state index in [1.807, 2.05) is 0 Å². The summed E-state index contributed by atoms with van der Waals surface area (Å²) >= 11 is 0. The third kappa shape index (κ3) is 2.18. The molecule has 0 atom stereocenters. The molecule has 6 heteroatoms. The zero-order valence-electron chi connectivity index (χ0n) is 12.0. The Kier molecular flexibility index (Phi) is 3.32. The fraction of sp³-hybridized carbons (Fsp3) is 0.571. The lowest BCUT2D eigenvalue weighted by Crippen LogP contribution is -2.22. The van der Waals surface area contributed by atoms with Gasteiger partial charge >= 0.3 is 5.69 Å². The minimum absolute atomic E-state index is 0.0788. The summed E-state index contributed by atoms with van der Waals surface area (Å²) in [6, 6.07) is 1.72. The highest BCUT2D eigenvalue weighted by atomic mass is 19.1. The lowest BCUT2D eigenvalue weighted by atomic mass is 10.0. The van der Waals surface area contributed by atoms with E-state index < -0.39 is 22.2 Å². The van der Waals surface area contributed by atoms with Crippen LogP contribution in [0.1, 0.15) is 33.3 Å². The maximum atomic E-state index is 13.6. The second-order valence-electron chi connectivity index (χ2n) is 6.41. The lowest BCUT2D eigenvalue weighted by molar-refractivity contribution is -0.387. The Hall–Kier alpha value is -1.56. The van der Waals surface area contributed by atoms with Crippen molar-refractivity contribution in [2.45, 2.75) is 40.3 Å². The van der Waals surface area contributed by atoms with Gasteiger partial charge in [0.2, 0.25) is 5.82 Å². The van der Waals surface area contributed by atoms with Crippen molar-refractivity contribution < 1.29 is 13.7 Å². The van der Waals surface area contributed by atoms with Crippen LogP contribution in [0.2, 0.25) is 0 Å². The highest BCUT2D eigenvalue weighted by Gasteiger charge is 2.64. The van der Waals surface area contributed by atoms with Gasteiger partial charge in [0.25, 0.3) is 0 Å². The molecule has 1 fully saturated rings. The van der Waals surface area contributed by atoms with Gasteiger partial charge in [0.15, 0.2) is 0 Å². The van der Waals surface area contributed by atoms with Crippen LogP contribution in [0.3, 0.4) is 0 Å². The molecule has 1 aromatic carbocycles. The third-order valence-corrected chi connectivity index (χ3v) is 4.83. The molecule has 20 heavy (non-hydrogen) atoms. The van der Waals surface area contributed by atoms with Gasteiger partial charge in [0.05, 0.1) is 4.92 Å². The third-order valence-electron chi connectivity index (χ3n) is 4.83. The molecule has 0 unspecified atom stereocenters. The fourth-order valence-corrected chi connectivity index (χ4v) is 2.77. The predicted molar refractivity (Wildman–Crippen MR) is 71.2 cm³/mol. The van der Waals surface area contributed by atoms with Gasteiger partial charge in [0, 0.05) is 30.3 Å². The summed E-state index contributed by atoms with van der Waals surface area (Å²) in [4.78, 5) is 9.82. The van der Waals surface area contributed by atoms with Crippen LogP contribution >= 0.6 is 0 Å². The van der Waals surface area contributed by atoms with Crippen molar-refractivity contribution in [3.63, 3.8) is 0 Å². The van der Waals surface area contributed by atoms with E-state index in [1.165, 1.54) is 0 Å². The molecule has 0 saturated heterocycles. The Balaban J connectivity index is 2.15. The summed E-state index contributed by atoms with van der Waals surface area (Å²) in [5.74, 6) is -1.92. The molecular formula is C14H18F2N2O2. The standard InChI is InChI=1S/C14H18F2N2O2/c1-13(2)12(14(13,3)4)17-7-8-5-11(18(19)20)10(16)6-9(8)15/h5-6,12,17H,7H2,1-4H3. The number of halogens is 2. The maximum Gasteiger partial charge on any atom is 0.305 e. The summed E-state index contributed by atoms with van der Waals surface area (Å²) in [6.45, 7) is 8.56. The number of hydrogen-bond donors (Lipinski definition) is 1. The summed E-state index contributed by atoms with van der Waals surface area (Å²) in [5.41, 5.74) is -0.431. The fourth-order valence-electron chi connectivity index (χ4n) is 2.77. The molecular weight excluding hydrogens is 266 g/mol. The first-order valence-corrected chi connectivity index (χ1v) is 6.44. The maximum absolute atomic E-state index is 13.6. The van der Waals surface area contributed by atoms with E-state index in [1.54, 1.807) is 0 Å². The van der Waals surface area contributed by atoms with E-state index >= 15 is 0 Å². The summed E-state index contributed by atoms with van der Waals surface area (Å²) in [7, 11) is 0. The number of rotatable bonds is 4. The van der Waals surface area contributed by atoms with E-state index in [0.29, 0.717) is 6.07 Å². The summed E-state index contributed by atoms with van der Waals surface area (Å²) in [5, 5.41) is 13.9. The largest absolute Gasteiger partial charge is 0.309 e. The molecule has 0 aromatic heterocycles. The Morgan fingerprint density at radius 1 is 1.20 bits per heavy atom. The molecule has 0 bridgehead atoms. The molecule has 110 valence electrons. The van der Waals surface area contributed by atoms with Gasteiger partial charge < -0.3 is 5.32 Å². The quantitative estimate of drug-likeness (QED) is 0.681. The number of benzene rings is 1. The van der Waals surface area contributed by atoms with Gasteiger partial charge in [-0.3, -0.25) is 10.1 Å². The average Bonchev–Trinajstić information content (AvgIpc) is 2.68. The van der Waals surface area contributed by atoms with Crippen molar-refractivity contribution in [2.75, 3.05) is 0 Å². The first-order valence-electron chi connectivity index (χ1n) is 6.44. The summed E-state index contributed by atoms with van der Waals surface area (Å²) < 4.78 is 26.9. The second-order valence-corrected chi connectivity index (χ2v) is 6.41. The van der Waals surface area contributed by atoms with Crippen molar-refractivity contribution in [1.82, 2.24) is 5.32 Å². The molecule has 1 aliphatic rings. The van der Waals surface area contributed by atoms with Crippen LogP contribution < -0.4 is 5.32 Å². The van der Waals surface area contributed by atoms with Crippen LogP contribution in [0.25, 0.3) is 0 Å². The predicted octanol–water partition coefficient (Wildman–Crippen LogP) is 3.40. The van der Waals surface area contributed by atoms with Crippen LogP contribution in [0.4, 0.5) is 14.5 Å². The Morgan fingerprint density at radius 3 is 2.20 bits per heavy atom. The normalized spacial score (nSPS) is 19.9. The van der Waals surface area contributed by atoms with Gasteiger partial charge in [-0.1, -0.05) is 27.7 Å². The first kappa shape index (κ1) is 14.8. The van der Waals surface area contributed by atoms with E-state index in [0.717, 1.165) is 6.07 Å². The van der Waals surface area contributed by atoms with Crippen LogP contribution in [0, 0.1) is 32.6 Å². The molecule has 1 aliphatic carbocycles. The van der Waals surface area contributed by atoms with E-state index in [9.17, 15) is 18.9 Å². The molecule has 0 heterocycles. The van der Waals surface area contributed by atoms with Crippen molar-refractivity contribution >= 4 is 5.69 Å². The van der Waals surface area contributed by atoms with E-state index in [4.69, 9.17) is 0 Å². The monoisotopic (exact) mass is 284 g/mol. The van der Waals surface area contributed by atoms with Gasteiger partial charge in [-0.15, -0.1) is 0 Å². The first-order chi connectivity index (χ1) is 9.09. The van der Waals surface area contributed by atoms with Crippen LogP contribution in [-0.4, -0.2) is 11.0 Å². The molecule has 0 amide bonds. The minimum Gasteiger partial charge on any atom is -0.309 e. The molecule has 2 rings (SSSR count). The van der Waals surface area contributed by atoms with Gasteiger partial charge in [-0.2, -0.15) is 4.39 Å². The molecule has 1 saturated carbocycles. The van der Waals surface area contributed by atoms with Crippen LogP contribution in [0.5, 0.6) is 0 Å². The minimum atomic E-state index is -1.15. The molecule has 0 radical (unpaired) electrons. The van der Waals surface area contributed by atoms with E-state index in [2.05, 4.69) is 33.0 Å². The number of nitro benzene ring substituents is 1. The highest BCUT2D eigenvalue weighted by molar-refractivity contribution is 5.37. The highest BCUT2D eigenvalue weighted by Crippen LogP contribution is 2.62. The lowest BCUT2D eigenvalue weighted by Gasteiger charge is -2.08. The zero-order valence-corrected chi connectivity index (χ0v) is 12.0. The van der Waals surface area contributed by atoms with Crippen molar-refractivity contribution in [1.29, 1.82) is 0 Å². The number of nitro groups is 1. The molecule has 0 aliphatic heterocycles. The SMILES string of the molecule is CC1(C)C(NCc2cc([N+](=O)[O-])c(F)cc2F)C1(C)C. The number of nitrogens with one attached hydrogen (secondary N) is 1. The second kappa shape index (κ2) is 4.48. The Morgan fingerprint density at radius 2 is 1.75 bits per heavy atom. The topological polar surface area (TPSA) is 55.2 Å². The van der Waals surface area contributed by atoms with Gasteiger partial charge in [0.1, 0.15) is 5.82 Å². The average molecular weight is 284 g/mol. The summed E-state index contributed by atoms with van der Waals surface area (Å²) in [6.07, 6.45) is 0. The number of hydrogen-bond acceptors (Lipinski definition) is 3. The zero-order chi connectivity index (χ0) is 15.3. The van der Waals surface area contributed by atoms with Crippen LogP contribution in [-0.2, 0) is 6.54 Å². The Bertz CT molecular complexity index is 557. The van der Waals surface area contributed by atoms with Crippen molar-refractivity contribution in [3.8, 4) is 0 Å². The Labute approximate surface area is 116 Å². The number of nitrogens with zero attached hydrogens (tertiary/aromatic N) is 1. The van der Waals surface area contributed by atoms with Crippen molar-refractivity contribution in [2.24, 2.45) is 10.8 Å².